The van der Waals surface area contributed by atoms with E-state index in [9.17, 15) is 24.3 Å². The van der Waals surface area contributed by atoms with Gasteiger partial charge < -0.3 is 30.6 Å². The van der Waals surface area contributed by atoms with Crippen molar-refractivity contribution in [2.24, 2.45) is 11.8 Å². The summed E-state index contributed by atoms with van der Waals surface area (Å²) in [7, 11) is 1.40. The third kappa shape index (κ3) is 16.7. The predicted molar refractivity (Wildman–Crippen MR) is 284 cm³/mol. The second-order valence-electron chi connectivity index (χ2n) is 17.2. The molecule has 2 heterocycles. The third-order valence-electron chi connectivity index (χ3n) is 12.6. The molecule has 10 nitrogen and oxygen atoms in total. The smallest absolute Gasteiger partial charge is 0.870 e. The van der Waals surface area contributed by atoms with E-state index in [1.165, 1.54) is 18.2 Å². The quantitative estimate of drug-likeness (QED) is 0.0547. The van der Waals surface area contributed by atoms with E-state index in [-0.39, 0.29) is 66.9 Å². The number of amides is 2. The monoisotopic (exact) mass is 990 g/mol. The second kappa shape index (κ2) is 31.0. The molecule has 0 unspecified atom stereocenters. The Morgan fingerprint density at radius 2 is 0.831 bits per heavy atom. The molecule has 71 heavy (non-hydrogen) atoms. The molecule has 4 atom stereocenters. The van der Waals surface area contributed by atoms with E-state index in [4.69, 9.17) is 4.74 Å². The molecule has 2 aliphatic heterocycles. The minimum atomic E-state index is -0.917. The fourth-order valence-corrected chi connectivity index (χ4v) is 11.4. The molecule has 0 spiro atoms. The van der Waals surface area contributed by atoms with Crippen molar-refractivity contribution in [1.82, 2.24) is 9.80 Å². The average molecular weight is 991 g/mol. The molecule has 0 aromatic heterocycles. The van der Waals surface area contributed by atoms with Gasteiger partial charge in [-0.25, -0.2) is 9.59 Å². The van der Waals surface area contributed by atoms with Crippen LogP contribution in [0.1, 0.15) is 65.5 Å². The van der Waals surface area contributed by atoms with E-state index in [0.29, 0.717) is 25.9 Å². The molecule has 6 aromatic carbocycles. The van der Waals surface area contributed by atoms with Crippen LogP contribution in [0.4, 0.5) is 0 Å². The summed E-state index contributed by atoms with van der Waals surface area (Å²) in [6.45, 7) is 1.07. The van der Waals surface area contributed by atoms with Gasteiger partial charge in [-0.05, 0) is 93.9 Å². The Morgan fingerprint density at radius 1 is 0.535 bits per heavy atom. The van der Waals surface area contributed by atoms with Crippen LogP contribution in [0.25, 0.3) is 0 Å². The number of carbonyl (C=O) groups excluding carboxylic acids is 3. The Labute approximate surface area is 440 Å². The summed E-state index contributed by atoms with van der Waals surface area (Å²) >= 11 is 3.73. The molecule has 2 saturated heterocycles. The summed E-state index contributed by atoms with van der Waals surface area (Å²) in [5, 5.41) is 9.89. The maximum absolute atomic E-state index is 13.9. The Hall–Kier alpha value is -5.58. The van der Waals surface area contributed by atoms with Gasteiger partial charge in [0.2, 0.25) is 11.8 Å². The number of aryl methyl sites for hydroxylation is 2. The molecule has 0 aliphatic carbocycles. The summed E-state index contributed by atoms with van der Waals surface area (Å²) in [6, 6.07) is 58.5. The summed E-state index contributed by atoms with van der Waals surface area (Å²) < 4.78 is 5.10. The molecule has 0 radical (unpaired) electrons. The van der Waals surface area contributed by atoms with Gasteiger partial charge in [0, 0.05) is 13.1 Å². The summed E-state index contributed by atoms with van der Waals surface area (Å²) in [5.41, 5.74) is 6.28. The first-order chi connectivity index (χ1) is 32.8. The maximum atomic E-state index is 13.9. The molecule has 370 valence electrons. The van der Waals surface area contributed by atoms with E-state index < -0.39 is 29.9 Å². The first-order valence-corrected chi connectivity index (χ1v) is 25.5. The van der Waals surface area contributed by atoms with Gasteiger partial charge in [-0.1, -0.05) is 189 Å². The Balaban J connectivity index is 0.000000355. The first kappa shape index (κ1) is 59.7. The standard InChI is InChI=1S/C29H31NO3S.C28H29NO3S.CH4.Li.2H2O/c1-33-29(32)26-19-23(21-34-18-17-22-11-5-2-6-12-22)20-30(26)28(31)27(24-13-7-3-8-14-24)25-15-9-4-10-16-25;30-27(26(23-12-6-2-7-13-23)24-14-8-3-9-15-24)29-19-22(18-25(29)28(31)32)20-33-17-16-21-10-4-1-5-11-21;;;;/h2-16,23,26-27H,17-21H2,1H3;1-15,22,25-26H,16-20H2,(H,31,32);1H4;;2*1H2/q;;;+1;;/p-1/t23-,26-;22-,25-;;;;/m00..../s1. The van der Waals surface area contributed by atoms with Crippen molar-refractivity contribution in [3.63, 3.8) is 0 Å². The van der Waals surface area contributed by atoms with Crippen LogP contribution in [0, 0.1) is 11.8 Å². The van der Waals surface area contributed by atoms with Gasteiger partial charge in [0.05, 0.1) is 18.9 Å². The number of hydrogen-bond acceptors (Lipinski definition) is 8. The predicted octanol–water partition coefficient (Wildman–Crippen LogP) is 6.92. The SMILES string of the molecule is C.COC(=O)[C@@H]1C[C@H](CSCCc2ccccc2)CN1C(=O)C(c1ccccc1)c1ccccc1.O.O=C(O)[C@@H]1C[C@H](CSCCc2ccccc2)CN1C(=O)C(c1ccccc1)c1ccccc1.[Li+].[OH-]. The largest absolute Gasteiger partial charge is 1.00 e. The van der Waals surface area contributed by atoms with Crippen molar-refractivity contribution in [3.8, 4) is 0 Å². The summed E-state index contributed by atoms with van der Waals surface area (Å²) in [6.07, 6.45) is 3.17. The fourth-order valence-electron chi connectivity index (χ4n) is 9.21. The Morgan fingerprint density at radius 3 is 1.14 bits per heavy atom. The number of hydrogen-bond donors (Lipinski definition) is 1. The number of aliphatic carboxylic acids is 1. The van der Waals surface area contributed by atoms with Gasteiger partial charge in [0.25, 0.3) is 0 Å². The van der Waals surface area contributed by atoms with Crippen molar-refractivity contribution >= 4 is 47.3 Å². The summed E-state index contributed by atoms with van der Waals surface area (Å²) in [4.78, 5) is 55.8. The Kier molecular flexibility index (Phi) is 26.1. The number of likely N-dealkylation sites (tertiary alicyclic amines) is 2. The molecular weight excluding hydrogens is 924 g/mol. The number of carbonyl (C=O) groups is 4. The van der Waals surface area contributed by atoms with Gasteiger partial charge in [-0.2, -0.15) is 23.5 Å². The van der Waals surface area contributed by atoms with Gasteiger partial charge in [0.1, 0.15) is 12.1 Å². The number of methoxy groups -OCH3 is 1. The van der Waals surface area contributed by atoms with E-state index in [2.05, 4.69) is 36.4 Å². The second-order valence-corrected chi connectivity index (χ2v) is 19.5. The molecule has 0 saturated carbocycles. The number of ether oxygens (including phenoxy) is 1. The zero-order chi connectivity index (χ0) is 46.8. The number of benzene rings is 6. The number of nitrogens with zero attached hydrogens (tertiary/aromatic N) is 2. The van der Waals surface area contributed by atoms with Crippen LogP contribution in [-0.4, -0.2) is 105 Å². The van der Waals surface area contributed by atoms with Crippen LogP contribution >= 0.6 is 23.5 Å². The van der Waals surface area contributed by atoms with E-state index in [1.807, 2.05) is 169 Å². The normalized spacial score (nSPS) is 16.8. The fraction of sp³-hybridized carbons (Fsp3) is 0.310. The number of esters is 1. The third-order valence-corrected chi connectivity index (χ3v) is 15.0. The molecule has 0 bridgehead atoms. The van der Waals surface area contributed by atoms with Gasteiger partial charge >= 0.3 is 30.8 Å². The van der Waals surface area contributed by atoms with E-state index in [1.54, 1.807) is 9.80 Å². The van der Waals surface area contributed by atoms with Crippen molar-refractivity contribution in [1.29, 1.82) is 0 Å². The molecule has 6 aromatic rings. The number of carboxylic acids is 1. The van der Waals surface area contributed by atoms with Crippen molar-refractivity contribution in [2.75, 3.05) is 43.2 Å². The van der Waals surface area contributed by atoms with Crippen molar-refractivity contribution in [2.45, 2.75) is 57.0 Å². The molecule has 2 aliphatic rings. The minimum Gasteiger partial charge on any atom is -0.870 e. The van der Waals surface area contributed by atoms with Crippen LogP contribution in [0.15, 0.2) is 182 Å². The first-order valence-electron chi connectivity index (χ1n) is 23.1. The Bertz CT molecular complexity index is 2380. The topological polar surface area (TPSA) is 166 Å². The zero-order valence-corrected chi connectivity index (χ0v) is 41.6. The van der Waals surface area contributed by atoms with Crippen LogP contribution in [-0.2, 0) is 36.8 Å². The molecule has 8 rings (SSSR count). The molecule has 13 heteroatoms. The molecule has 2 amide bonds. The van der Waals surface area contributed by atoms with Gasteiger partial charge in [-0.3, -0.25) is 9.59 Å². The molecule has 2 fully saturated rings. The van der Waals surface area contributed by atoms with Crippen molar-refractivity contribution in [3.05, 3.63) is 215 Å². The van der Waals surface area contributed by atoms with Crippen molar-refractivity contribution < 1.29 is 58.8 Å². The zero-order valence-electron chi connectivity index (χ0n) is 40.0. The van der Waals surface area contributed by atoms with Gasteiger partial charge in [0.15, 0.2) is 0 Å². The number of rotatable bonds is 18. The van der Waals surface area contributed by atoms with Crippen LogP contribution in [0.3, 0.4) is 0 Å². The average Bonchev–Trinajstić information content (AvgIpc) is 4.02. The number of thioether (sulfide) groups is 2. The minimum absolute atomic E-state index is 0. The number of carboxylic acid groups (broad SMARTS) is 1. The van der Waals surface area contributed by atoms with Crippen LogP contribution in [0.5, 0.6) is 0 Å². The van der Waals surface area contributed by atoms with Crippen LogP contribution < -0.4 is 18.9 Å². The van der Waals surface area contributed by atoms with E-state index in [0.717, 1.165) is 58.1 Å². The summed E-state index contributed by atoms with van der Waals surface area (Å²) in [5.74, 6) is 1.89. The van der Waals surface area contributed by atoms with Gasteiger partial charge in [-0.15, -0.1) is 0 Å². The van der Waals surface area contributed by atoms with E-state index >= 15 is 0 Å². The maximum Gasteiger partial charge on any atom is 1.00 e. The van der Waals surface area contributed by atoms with Crippen LogP contribution in [0.2, 0.25) is 0 Å². The molecular formula is C58H67LiN2O8S2. The molecule has 4 N–H and O–H groups in total.